The largest absolute Gasteiger partial charge is 0.485 e. The average Bonchev–Trinajstić information content (AvgIpc) is 3.05. The van der Waals surface area contributed by atoms with Crippen LogP contribution in [0.4, 0.5) is 13.2 Å². The molecule has 0 saturated heterocycles. The van der Waals surface area contributed by atoms with Crippen LogP contribution < -0.4 is 9.47 Å². The Balaban J connectivity index is 1.76. The third kappa shape index (κ3) is 4.00. The lowest BCUT2D eigenvalue weighted by atomic mass is 10.2. The molecule has 1 aromatic heterocycles. The molecule has 0 N–H and O–H groups in total. The lowest BCUT2D eigenvalue weighted by Gasteiger charge is -2.31. The van der Waals surface area contributed by atoms with Gasteiger partial charge in [0.2, 0.25) is 6.10 Å². The number of benzene rings is 1. The van der Waals surface area contributed by atoms with Gasteiger partial charge in [-0.05, 0) is 34.5 Å². The second-order valence-corrected chi connectivity index (χ2v) is 6.09. The summed E-state index contributed by atoms with van der Waals surface area (Å²) in [6.07, 6.45) is -5.58. The highest BCUT2D eigenvalue weighted by Gasteiger charge is 2.37. The molecule has 2 heterocycles. The van der Waals surface area contributed by atoms with E-state index in [1.807, 2.05) is 0 Å². The Labute approximate surface area is 140 Å². The van der Waals surface area contributed by atoms with Gasteiger partial charge in [0.1, 0.15) is 13.2 Å². The number of hydrogen-bond donors (Lipinski definition) is 0. The van der Waals surface area contributed by atoms with Crippen LogP contribution in [0.15, 0.2) is 41.1 Å². The predicted octanol–water partition coefficient (Wildman–Crippen LogP) is 3.48. The average molecular weight is 357 g/mol. The predicted molar refractivity (Wildman–Crippen MR) is 82.1 cm³/mol. The molecule has 1 aliphatic rings. The molecule has 3 rings (SSSR count). The standard InChI is InChI=1S/C16H14F3NO3S/c17-16(18,19)10-20(7-11-5-6-24-9-11)15(21)14-8-22-12-3-1-2-4-13(12)23-14/h1-6,9,14H,7-8,10H2. The maximum Gasteiger partial charge on any atom is 0.406 e. The quantitative estimate of drug-likeness (QED) is 0.841. The molecular formula is C16H14F3NO3S. The van der Waals surface area contributed by atoms with E-state index in [0.29, 0.717) is 17.1 Å². The van der Waals surface area contributed by atoms with Crippen LogP contribution in [0.25, 0.3) is 0 Å². The number of rotatable bonds is 4. The van der Waals surface area contributed by atoms with E-state index in [9.17, 15) is 18.0 Å². The van der Waals surface area contributed by atoms with Gasteiger partial charge in [-0.2, -0.15) is 24.5 Å². The summed E-state index contributed by atoms with van der Waals surface area (Å²) in [6.45, 7) is -1.57. The van der Waals surface area contributed by atoms with Crippen LogP contribution in [0.3, 0.4) is 0 Å². The molecule has 1 aromatic carbocycles. The highest BCUT2D eigenvalue weighted by molar-refractivity contribution is 7.07. The van der Waals surface area contributed by atoms with Crippen molar-refractivity contribution in [3.05, 3.63) is 46.7 Å². The smallest absolute Gasteiger partial charge is 0.406 e. The molecule has 4 nitrogen and oxygen atoms in total. The molecule has 1 unspecified atom stereocenters. The normalized spacial score (nSPS) is 16.7. The van der Waals surface area contributed by atoms with E-state index in [1.54, 1.807) is 41.1 Å². The van der Waals surface area contributed by atoms with Crippen molar-refractivity contribution in [2.45, 2.75) is 18.8 Å². The van der Waals surface area contributed by atoms with Gasteiger partial charge in [0.05, 0.1) is 0 Å². The SMILES string of the molecule is O=C(C1COc2ccccc2O1)N(Cc1ccsc1)CC(F)(F)F. The molecule has 0 radical (unpaired) electrons. The maximum atomic E-state index is 12.8. The second kappa shape index (κ2) is 6.72. The zero-order valence-electron chi connectivity index (χ0n) is 12.5. The van der Waals surface area contributed by atoms with Gasteiger partial charge in [0.15, 0.2) is 11.5 Å². The highest BCUT2D eigenvalue weighted by Crippen LogP contribution is 2.31. The first kappa shape index (κ1) is 16.6. The van der Waals surface area contributed by atoms with Gasteiger partial charge in [-0.15, -0.1) is 0 Å². The van der Waals surface area contributed by atoms with Gasteiger partial charge >= 0.3 is 6.18 Å². The summed E-state index contributed by atoms with van der Waals surface area (Å²) in [5, 5.41) is 3.46. The fourth-order valence-corrected chi connectivity index (χ4v) is 3.04. The number of thiophene rings is 1. The van der Waals surface area contributed by atoms with Crippen LogP contribution in [0.5, 0.6) is 11.5 Å². The van der Waals surface area contributed by atoms with Crippen molar-refractivity contribution in [2.75, 3.05) is 13.2 Å². The number of carbonyl (C=O) groups excluding carboxylic acids is 1. The minimum atomic E-state index is -4.49. The van der Waals surface area contributed by atoms with Gasteiger partial charge in [0.25, 0.3) is 5.91 Å². The van der Waals surface area contributed by atoms with Crippen molar-refractivity contribution < 1.29 is 27.4 Å². The molecule has 1 aliphatic heterocycles. The third-order valence-corrected chi connectivity index (χ3v) is 4.15. The third-order valence-electron chi connectivity index (χ3n) is 3.42. The summed E-state index contributed by atoms with van der Waals surface area (Å²) in [4.78, 5) is 13.3. The molecule has 8 heteroatoms. The number of nitrogens with zero attached hydrogens (tertiary/aromatic N) is 1. The number of hydrogen-bond acceptors (Lipinski definition) is 4. The van der Waals surface area contributed by atoms with Crippen molar-refractivity contribution in [2.24, 2.45) is 0 Å². The number of amides is 1. The van der Waals surface area contributed by atoms with Crippen LogP contribution >= 0.6 is 11.3 Å². The van der Waals surface area contributed by atoms with Crippen molar-refractivity contribution in [1.29, 1.82) is 0 Å². The van der Waals surface area contributed by atoms with E-state index >= 15 is 0 Å². The molecule has 1 atom stereocenters. The molecule has 0 bridgehead atoms. The van der Waals surface area contributed by atoms with E-state index in [1.165, 1.54) is 11.3 Å². The van der Waals surface area contributed by atoms with Crippen LogP contribution in [0.1, 0.15) is 5.56 Å². The monoisotopic (exact) mass is 357 g/mol. The number of fused-ring (bicyclic) bond motifs is 1. The van der Waals surface area contributed by atoms with E-state index in [-0.39, 0.29) is 13.2 Å². The zero-order valence-corrected chi connectivity index (χ0v) is 13.3. The van der Waals surface area contributed by atoms with Gasteiger partial charge in [-0.1, -0.05) is 12.1 Å². The first-order chi connectivity index (χ1) is 11.4. The number of para-hydroxylation sites is 2. The van der Waals surface area contributed by atoms with Crippen LogP contribution in [-0.2, 0) is 11.3 Å². The number of carbonyl (C=O) groups is 1. The second-order valence-electron chi connectivity index (χ2n) is 5.31. The van der Waals surface area contributed by atoms with Crippen molar-refractivity contribution >= 4 is 17.2 Å². The summed E-state index contributed by atoms with van der Waals surface area (Å²) in [7, 11) is 0. The fourth-order valence-electron chi connectivity index (χ4n) is 2.38. The Morgan fingerprint density at radius 2 is 2.00 bits per heavy atom. The number of ether oxygens (including phenoxy) is 2. The Bertz CT molecular complexity index is 703. The van der Waals surface area contributed by atoms with Crippen molar-refractivity contribution in [3.63, 3.8) is 0 Å². The van der Waals surface area contributed by atoms with E-state index in [2.05, 4.69) is 0 Å². The topological polar surface area (TPSA) is 38.8 Å². The van der Waals surface area contributed by atoms with Crippen molar-refractivity contribution in [1.82, 2.24) is 4.90 Å². The Kier molecular flexibility index (Phi) is 4.66. The van der Waals surface area contributed by atoms with Gasteiger partial charge in [0, 0.05) is 6.54 Å². The summed E-state index contributed by atoms with van der Waals surface area (Å²) < 4.78 is 49.5. The van der Waals surface area contributed by atoms with Gasteiger partial charge in [-0.25, -0.2) is 0 Å². The molecular weight excluding hydrogens is 343 g/mol. The number of halogens is 3. The summed E-state index contributed by atoms with van der Waals surface area (Å²) >= 11 is 1.36. The van der Waals surface area contributed by atoms with E-state index in [4.69, 9.17) is 9.47 Å². The Morgan fingerprint density at radius 3 is 2.67 bits per heavy atom. The van der Waals surface area contributed by atoms with E-state index in [0.717, 1.165) is 4.90 Å². The molecule has 128 valence electrons. The minimum absolute atomic E-state index is 0.117. The minimum Gasteiger partial charge on any atom is -0.485 e. The van der Waals surface area contributed by atoms with Crippen molar-refractivity contribution in [3.8, 4) is 11.5 Å². The molecule has 1 amide bonds. The molecule has 0 fully saturated rings. The van der Waals surface area contributed by atoms with E-state index < -0.39 is 24.7 Å². The Hall–Kier alpha value is -2.22. The maximum absolute atomic E-state index is 12.8. The zero-order chi connectivity index (χ0) is 17.2. The molecule has 0 saturated carbocycles. The molecule has 0 spiro atoms. The lowest BCUT2D eigenvalue weighted by Crippen LogP contribution is -2.48. The molecule has 24 heavy (non-hydrogen) atoms. The van der Waals surface area contributed by atoms with Gasteiger partial charge in [-0.3, -0.25) is 4.79 Å². The first-order valence-electron chi connectivity index (χ1n) is 7.17. The molecule has 0 aliphatic carbocycles. The first-order valence-corrected chi connectivity index (χ1v) is 8.12. The van der Waals surface area contributed by atoms with Crippen LogP contribution in [0.2, 0.25) is 0 Å². The van der Waals surface area contributed by atoms with Gasteiger partial charge < -0.3 is 14.4 Å². The molecule has 2 aromatic rings. The summed E-state index contributed by atoms with van der Waals surface area (Å²) in [6, 6.07) is 8.43. The highest BCUT2D eigenvalue weighted by atomic mass is 32.1. The Morgan fingerprint density at radius 1 is 1.25 bits per heavy atom. The summed E-state index contributed by atoms with van der Waals surface area (Å²) in [5.74, 6) is 0.0828. The summed E-state index contributed by atoms with van der Waals surface area (Å²) in [5.41, 5.74) is 0.648. The fraction of sp³-hybridized carbons (Fsp3) is 0.312. The number of alkyl halides is 3. The lowest BCUT2D eigenvalue weighted by molar-refractivity contribution is -0.168. The van der Waals surface area contributed by atoms with Crippen LogP contribution in [0, 0.1) is 0 Å². The van der Waals surface area contributed by atoms with Crippen LogP contribution in [-0.4, -0.2) is 36.2 Å².